The van der Waals surface area contributed by atoms with Crippen LogP contribution in [0.2, 0.25) is 0 Å². The topological polar surface area (TPSA) is 162 Å². The minimum atomic E-state index is -1.02. The van der Waals surface area contributed by atoms with Gasteiger partial charge in [0.05, 0.1) is 11.1 Å². The minimum Gasteiger partial charge on any atom is -0.491 e. The molecule has 11 nitrogen and oxygen atoms in total. The van der Waals surface area contributed by atoms with Gasteiger partial charge in [-0.25, -0.2) is 4.79 Å². The number of aromatic nitrogens is 3. The number of azo groups is 1. The number of pyridine rings is 1. The van der Waals surface area contributed by atoms with E-state index in [4.69, 9.17) is 5.73 Å². The van der Waals surface area contributed by atoms with Crippen LogP contribution in [0.5, 0.6) is 5.88 Å². The second-order valence-corrected chi connectivity index (χ2v) is 4.99. The number of nitro groups is 1. The highest BCUT2D eigenvalue weighted by Crippen LogP contribution is 2.38. The number of rotatable bonds is 4. The van der Waals surface area contributed by atoms with E-state index in [0.29, 0.717) is 15.9 Å². The Morgan fingerprint density at radius 1 is 1.23 bits per heavy atom. The molecule has 0 saturated heterocycles. The molecule has 3 aromatic rings. The molecule has 1 amide bonds. The van der Waals surface area contributed by atoms with Crippen molar-refractivity contribution in [3.63, 3.8) is 0 Å². The van der Waals surface area contributed by atoms with Crippen LogP contribution in [0.25, 0.3) is 11.3 Å². The molecule has 130 valence electrons. The Hall–Kier alpha value is -4.15. The van der Waals surface area contributed by atoms with E-state index >= 15 is 0 Å². The molecule has 26 heavy (non-hydrogen) atoms. The SMILES string of the molecule is NC(=O)n1nc(-c2ccc([N+](=O)[O-])cc2)c(/N=N/c2cccnc2)c1O. The van der Waals surface area contributed by atoms with Crippen LogP contribution in [-0.2, 0) is 0 Å². The highest BCUT2D eigenvalue weighted by molar-refractivity contribution is 5.83. The van der Waals surface area contributed by atoms with E-state index in [1.165, 1.54) is 30.5 Å². The third-order valence-corrected chi connectivity index (χ3v) is 3.31. The lowest BCUT2D eigenvalue weighted by atomic mass is 10.1. The third-order valence-electron chi connectivity index (χ3n) is 3.31. The molecule has 3 rings (SSSR count). The largest absolute Gasteiger partial charge is 0.491 e. The molecule has 0 spiro atoms. The number of carbonyl (C=O) groups is 1. The molecule has 0 aliphatic carbocycles. The molecule has 3 N–H and O–H groups in total. The van der Waals surface area contributed by atoms with Gasteiger partial charge in [0.15, 0.2) is 5.69 Å². The van der Waals surface area contributed by atoms with E-state index in [1.54, 1.807) is 18.3 Å². The molecule has 0 bridgehead atoms. The fourth-order valence-electron chi connectivity index (χ4n) is 2.10. The summed E-state index contributed by atoms with van der Waals surface area (Å²) in [5, 5.41) is 32.7. The highest BCUT2D eigenvalue weighted by Gasteiger charge is 2.22. The number of amides is 1. The standard InChI is InChI=1S/C15H11N7O4/c16-15(24)21-14(23)13(19-18-10-2-1-7-17-8-10)12(20-21)9-3-5-11(6-4-9)22(25)26/h1-8,23H,(H2,16,24)/b19-18+. The molecule has 0 radical (unpaired) electrons. The first-order chi connectivity index (χ1) is 12.5. The molecule has 0 aliphatic heterocycles. The summed E-state index contributed by atoms with van der Waals surface area (Å²) in [4.78, 5) is 25.5. The zero-order valence-electron chi connectivity index (χ0n) is 13.1. The molecular weight excluding hydrogens is 342 g/mol. The van der Waals surface area contributed by atoms with Gasteiger partial charge < -0.3 is 10.8 Å². The Morgan fingerprint density at radius 2 is 1.96 bits per heavy atom. The van der Waals surface area contributed by atoms with Crippen molar-refractivity contribution in [2.45, 2.75) is 0 Å². The molecular formula is C15H11N7O4. The van der Waals surface area contributed by atoms with Crippen molar-refractivity contribution in [3.05, 3.63) is 58.9 Å². The van der Waals surface area contributed by atoms with Crippen LogP contribution < -0.4 is 5.73 Å². The summed E-state index contributed by atoms with van der Waals surface area (Å²) in [6.07, 6.45) is 3.01. The van der Waals surface area contributed by atoms with Gasteiger partial charge in [0.2, 0.25) is 5.88 Å². The Bertz CT molecular complexity index is 997. The lowest BCUT2D eigenvalue weighted by Gasteiger charge is -1.98. The Balaban J connectivity index is 2.09. The van der Waals surface area contributed by atoms with Gasteiger partial charge in [0, 0.05) is 23.9 Å². The molecule has 2 aromatic heterocycles. The lowest BCUT2D eigenvalue weighted by Crippen LogP contribution is -2.20. The summed E-state index contributed by atoms with van der Waals surface area (Å²) in [6.45, 7) is 0. The minimum absolute atomic E-state index is 0.0869. The number of aromatic hydroxyl groups is 1. The molecule has 1 aromatic carbocycles. The summed E-state index contributed by atoms with van der Waals surface area (Å²) in [6, 6.07) is 7.61. The number of hydrogen-bond donors (Lipinski definition) is 2. The average Bonchev–Trinajstić information content (AvgIpc) is 2.97. The van der Waals surface area contributed by atoms with E-state index in [1.807, 2.05) is 0 Å². The van der Waals surface area contributed by atoms with Gasteiger partial charge in [-0.05, 0) is 24.3 Å². The number of benzene rings is 1. The first-order valence-corrected chi connectivity index (χ1v) is 7.15. The van der Waals surface area contributed by atoms with Crippen LogP contribution in [0, 0.1) is 10.1 Å². The average molecular weight is 353 g/mol. The Morgan fingerprint density at radius 3 is 2.54 bits per heavy atom. The highest BCUT2D eigenvalue weighted by atomic mass is 16.6. The molecule has 0 saturated carbocycles. The maximum Gasteiger partial charge on any atom is 0.342 e. The number of nitrogens with zero attached hydrogens (tertiary/aromatic N) is 6. The second-order valence-electron chi connectivity index (χ2n) is 4.99. The monoisotopic (exact) mass is 353 g/mol. The zero-order valence-corrected chi connectivity index (χ0v) is 13.1. The van der Waals surface area contributed by atoms with Gasteiger partial charge in [0.25, 0.3) is 5.69 Å². The first-order valence-electron chi connectivity index (χ1n) is 7.15. The van der Waals surface area contributed by atoms with E-state index in [-0.39, 0.29) is 17.1 Å². The second kappa shape index (κ2) is 6.76. The molecule has 0 aliphatic rings. The molecule has 2 heterocycles. The van der Waals surface area contributed by atoms with Crippen LogP contribution in [0.1, 0.15) is 0 Å². The summed E-state index contributed by atoms with van der Waals surface area (Å²) >= 11 is 0. The van der Waals surface area contributed by atoms with Crippen LogP contribution in [-0.4, -0.2) is 30.8 Å². The number of nitro benzene ring substituents is 1. The maximum absolute atomic E-state index is 11.4. The van der Waals surface area contributed by atoms with Crippen molar-refractivity contribution in [3.8, 4) is 17.1 Å². The summed E-state index contributed by atoms with van der Waals surface area (Å²) in [7, 11) is 0. The van der Waals surface area contributed by atoms with Crippen molar-refractivity contribution in [2.24, 2.45) is 16.0 Å². The fraction of sp³-hybridized carbons (Fsp3) is 0. The number of nitrogens with two attached hydrogens (primary N) is 1. The van der Waals surface area contributed by atoms with Crippen LogP contribution in [0.15, 0.2) is 59.0 Å². The predicted octanol–water partition coefficient (Wildman–Crippen LogP) is 2.90. The smallest absolute Gasteiger partial charge is 0.342 e. The number of non-ortho nitro benzene ring substituents is 1. The lowest BCUT2D eigenvalue weighted by molar-refractivity contribution is -0.384. The van der Waals surface area contributed by atoms with Crippen LogP contribution >= 0.6 is 0 Å². The normalized spacial score (nSPS) is 10.9. The van der Waals surface area contributed by atoms with Crippen molar-refractivity contribution < 1.29 is 14.8 Å². The van der Waals surface area contributed by atoms with E-state index < -0.39 is 16.8 Å². The van der Waals surface area contributed by atoms with Crippen molar-refractivity contribution >= 4 is 23.1 Å². The van der Waals surface area contributed by atoms with Crippen molar-refractivity contribution in [1.82, 2.24) is 14.8 Å². The number of carbonyl (C=O) groups excluding carboxylic acids is 1. The predicted molar refractivity (Wildman–Crippen MR) is 89.4 cm³/mol. The Kier molecular flexibility index (Phi) is 4.34. The molecule has 0 atom stereocenters. The van der Waals surface area contributed by atoms with Gasteiger partial charge in [-0.1, -0.05) is 0 Å². The summed E-state index contributed by atoms with van der Waals surface area (Å²) in [5.41, 5.74) is 5.82. The van der Waals surface area contributed by atoms with E-state index in [0.717, 1.165) is 0 Å². The molecule has 0 fully saturated rings. The summed E-state index contributed by atoms with van der Waals surface area (Å²) < 4.78 is 0.564. The van der Waals surface area contributed by atoms with Crippen molar-refractivity contribution in [2.75, 3.05) is 0 Å². The Labute approximate surface area is 145 Å². The van der Waals surface area contributed by atoms with Gasteiger partial charge in [-0.3, -0.25) is 15.1 Å². The fourth-order valence-corrected chi connectivity index (χ4v) is 2.10. The van der Waals surface area contributed by atoms with Gasteiger partial charge in [-0.15, -0.1) is 14.9 Å². The number of hydrogen-bond acceptors (Lipinski definition) is 8. The van der Waals surface area contributed by atoms with Crippen LogP contribution in [0.3, 0.4) is 0 Å². The van der Waals surface area contributed by atoms with E-state index in [2.05, 4.69) is 20.3 Å². The zero-order chi connectivity index (χ0) is 18.7. The molecule has 11 heteroatoms. The maximum atomic E-state index is 11.4. The van der Waals surface area contributed by atoms with Gasteiger partial charge in [-0.2, -0.15) is 5.10 Å². The number of primary amides is 1. The first kappa shape index (κ1) is 16.7. The van der Waals surface area contributed by atoms with Gasteiger partial charge in [0.1, 0.15) is 11.4 Å². The molecule has 0 unspecified atom stereocenters. The van der Waals surface area contributed by atoms with Crippen molar-refractivity contribution in [1.29, 1.82) is 0 Å². The van der Waals surface area contributed by atoms with E-state index in [9.17, 15) is 20.0 Å². The third kappa shape index (κ3) is 3.21. The van der Waals surface area contributed by atoms with Gasteiger partial charge >= 0.3 is 6.03 Å². The summed E-state index contributed by atoms with van der Waals surface area (Å²) in [5.74, 6) is -0.599. The quantitative estimate of drug-likeness (QED) is 0.416. The van der Waals surface area contributed by atoms with Crippen LogP contribution in [0.4, 0.5) is 21.9 Å².